The smallest absolute Gasteiger partial charge is 0.309 e. The molecule has 0 aromatic heterocycles. The lowest BCUT2D eigenvalue weighted by Crippen LogP contribution is -2.56. The Morgan fingerprint density at radius 2 is 2.06 bits per heavy atom. The van der Waals surface area contributed by atoms with Gasteiger partial charge in [-0.3, -0.25) is 4.79 Å². The van der Waals surface area contributed by atoms with E-state index < -0.39 is 17.7 Å². The van der Waals surface area contributed by atoms with E-state index in [0.717, 1.165) is 6.42 Å². The molecule has 1 aliphatic carbocycles. The van der Waals surface area contributed by atoms with Gasteiger partial charge in [0.15, 0.2) is 6.29 Å². The first-order chi connectivity index (χ1) is 7.73. The Bertz CT molecular complexity index is 347. The summed E-state index contributed by atoms with van der Waals surface area (Å²) in [6.45, 7) is 6.28. The van der Waals surface area contributed by atoms with Crippen molar-refractivity contribution in [1.29, 1.82) is 1.43 Å². The van der Waals surface area contributed by atoms with Crippen LogP contribution in [0.1, 0.15) is 40.0 Å². The van der Waals surface area contributed by atoms with E-state index in [0.29, 0.717) is 19.4 Å². The monoisotopic (exact) mass is 229 g/mol. The molecule has 0 aromatic rings. The van der Waals surface area contributed by atoms with Crippen LogP contribution >= 0.6 is 0 Å². The van der Waals surface area contributed by atoms with E-state index in [1.807, 2.05) is 6.92 Å². The Labute approximate surface area is 97.1 Å². The van der Waals surface area contributed by atoms with Crippen LogP contribution in [0, 0.1) is 16.2 Å². The molecule has 0 amide bonds. The molecular formula is C12H20O4. The molecule has 1 saturated heterocycles. The highest BCUT2D eigenvalue weighted by atomic mass is 16.6. The molecule has 1 saturated carbocycles. The van der Waals surface area contributed by atoms with E-state index in [4.69, 9.17) is 6.17 Å². The third-order valence-corrected chi connectivity index (χ3v) is 4.11. The summed E-state index contributed by atoms with van der Waals surface area (Å²) in [6, 6.07) is 0. The predicted molar refractivity (Wildman–Crippen MR) is 57.8 cm³/mol. The number of aliphatic carboxylic acids is 1. The molecule has 4 heteroatoms. The quantitative estimate of drug-likeness (QED) is 0.755. The molecule has 2 fully saturated rings. The van der Waals surface area contributed by atoms with E-state index in [1.54, 1.807) is 6.92 Å². The lowest BCUT2D eigenvalue weighted by atomic mass is 9.53. The predicted octanol–water partition coefficient (Wildman–Crippen LogP) is 1.62. The molecule has 92 valence electrons. The second-order valence-electron chi connectivity index (χ2n) is 6.50. The fourth-order valence-electron chi connectivity index (χ4n) is 3.89. The van der Waals surface area contributed by atoms with Gasteiger partial charge in [0.2, 0.25) is 1.43 Å². The van der Waals surface area contributed by atoms with Crippen molar-refractivity contribution in [2.45, 2.75) is 46.3 Å². The summed E-state index contributed by atoms with van der Waals surface area (Å²) in [4.78, 5) is 11.5. The average Bonchev–Trinajstić information content (AvgIpc) is 2.14. The molecule has 1 aliphatic heterocycles. The van der Waals surface area contributed by atoms with Crippen LogP contribution in [0.4, 0.5) is 0 Å². The number of ether oxygens (including phenoxy) is 1. The number of aliphatic hydroxyl groups is 1. The summed E-state index contributed by atoms with van der Waals surface area (Å²) < 4.78 is 12.6. The van der Waals surface area contributed by atoms with Crippen molar-refractivity contribution >= 4 is 5.97 Å². The number of hydrogen-bond acceptors (Lipinski definition) is 3. The lowest BCUT2D eigenvalue weighted by Gasteiger charge is -2.56. The fourth-order valence-corrected chi connectivity index (χ4v) is 3.89. The van der Waals surface area contributed by atoms with Gasteiger partial charge >= 0.3 is 5.97 Å². The zero-order valence-corrected chi connectivity index (χ0v) is 10.1. The standard InChI is InChI=1S/C12H20O4/c1-10-4-11(2,8(13)14)6-12(3,5-10)9(15)16-7-10/h9,15H,4-7H2,1-3H3,(H,13,14)/t9-,10-,11+,12-/m0/s1/i15D. The number of rotatable bonds is 2. The first-order valence-corrected chi connectivity index (χ1v) is 5.70. The second-order valence-corrected chi connectivity index (χ2v) is 6.50. The Balaban J connectivity index is 2.35. The molecule has 4 atom stereocenters. The summed E-state index contributed by atoms with van der Waals surface area (Å²) in [7, 11) is 0. The Hall–Kier alpha value is -0.610. The van der Waals surface area contributed by atoms with Crippen LogP contribution in [0.25, 0.3) is 0 Å². The normalized spacial score (nSPS) is 53.2. The molecule has 2 aliphatic rings. The summed E-state index contributed by atoms with van der Waals surface area (Å²) in [5, 5.41) is 14.0. The van der Waals surface area contributed by atoms with Crippen LogP contribution in [0.15, 0.2) is 0 Å². The van der Waals surface area contributed by atoms with Gasteiger partial charge < -0.3 is 15.0 Å². The minimum Gasteiger partial charge on any atom is -0.481 e. The maximum absolute atomic E-state index is 11.5. The van der Waals surface area contributed by atoms with Crippen LogP contribution < -0.4 is 0 Å². The molecule has 16 heavy (non-hydrogen) atoms. The van der Waals surface area contributed by atoms with Crippen LogP contribution in [0.5, 0.6) is 0 Å². The maximum atomic E-state index is 11.5. The lowest BCUT2D eigenvalue weighted by molar-refractivity contribution is -0.265. The summed E-state index contributed by atoms with van der Waals surface area (Å²) in [6.07, 6.45) is 1.35. The largest absolute Gasteiger partial charge is 0.481 e. The SMILES string of the molecule is [2H]O[C@H]1OC[C@@]2(C)C[C@@](C)(C(=O)O)C[C@]1(C)C2. The number of aliphatic hydroxyl groups excluding tert-OH is 1. The van der Waals surface area contributed by atoms with Crippen molar-refractivity contribution in [3.8, 4) is 0 Å². The molecule has 4 nitrogen and oxygen atoms in total. The number of carbonyl (C=O) groups is 1. The van der Waals surface area contributed by atoms with Gasteiger partial charge in [-0.15, -0.1) is 0 Å². The Kier molecular flexibility index (Phi) is 2.11. The molecule has 0 aromatic carbocycles. The Morgan fingerprint density at radius 1 is 1.38 bits per heavy atom. The second kappa shape index (κ2) is 3.20. The van der Waals surface area contributed by atoms with Crippen LogP contribution in [-0.2, 0) is 9.53 Å². The molecule has 0 spiro atoms. The topological polar surface area (TPSA) is 66.8 Å². The Morgan fingerprint density at radius 3 is 2.62 bits per heavy atom. The minimum atomic E-state index is -0.764. The van der Waals surface area contributed by atoms with Crippen LogP contribution in [0.2, 0.25) is 0 Å². The molecular weight excluding hydrogens is 208 g/mol. The highest BCUT2D eigenvalue weighted by Crippen LogP contribution is 2.58. The number of carboxylic acids is 1. The molecule has 1 heterocycles. The zero-order valence-electron chi connectivity index (χ0n) is 11.1. The minimum absolute atomic E-state index is 0.130. The van der Waals surface area contributed by atoms with Gasteiger partial charge in [-0.05, 0) is 31.6 Å². The van der Waals surface area contributed by atoms with Crippen LogP contribution in [0.3, 0.4) is 0 Å². The molecule has 0 radical (unpaired) electrons. The van der Waals surface area contributed by atoms with Crippen molar-refractivity contribution in [1.82, 2.24) is 0 Å². The van der Waals surface area contributed by atoms with Crippen molar-refractivity contribution in [2.75, 3.05) is 6.61 Å². The third-order valence-electron chi connectivity index (χ3n) is 4.11. The van der Waals surface area contributed by atoms with Gasteiger partial charge in [0, 0.05) is 5.41 Å². The van der Waals surface area contributed by atoms with Gasteiger partial charge in [0.1, 0.15) is 0 Å². The summed E-state index contributed by atoms with van der Waals surface area (Å²) in [5.41, 5.74) is -1.27. The van der Waals surface area contributed by atoms with Gasteiger partial charge in [-0.1, -0.05) is 13.8 Å². The fraction of sp³-hybridized carbons (Fsp3) is 0.917. The summed E-state index contributed by atoms with van der Waals surface area (Å²) in [5.74, 6) is -0.764. The zero-order chi connectivity index (χ0) is 12.9. The first kappa shape index (κ1) is 10.5. The van der Waals surface area contributed by atoms with E-state index in [2.05, 4.69) is 12.0 Å². The first-order valence-electron chi connectivity index (χ1n) is 6.11. The van der Waals surface area contributed by atoms with E-state index in [-0.39, 0.29) is 10.8 Å². The highest BCUT2D eigenvalue weighted by Gasteiger charge is 2.57. The molecule has 2 rings (SSSR count). The average molecular weight is 229 g/mol. The number of hydrogen-bond donors (Lipinski definition) is 2. The summed E-state index contributed by atoms with van der Waals surface area (Å²) >= 11 is 0. The molecule has 2 N–H and O–H groups in total. The van der Waals surface area contributed by atoms with E-state index in [1.165, 1.54) is 0 Å². The van der Waals surface area contributed by atoms with Crippen molar-refractivity contribution in [3.63, 3.8) is 0 Å². The van der Waals surface area contributed by atoms with Gasteiger partial charge in [0.05, 0.1) is 12.0 Å². The number of carboxylic acid groups (broad SMARTS) is 1. The van der Waals surface area contributed by atoms with E-state index in [9.17, 15) is 9.90 Å². The van der Waals surface area contributed by atoms with Crippen molar-refractivity contribution < 1.29 is 19.7 Å². The van der Waals surface area contributed by atoms with Gasteiger partial charge in [0.25, 0.3) is 0 Å². The third kappa shape index (κ3) is 1.64. The molecule has 0 unspecified atom stereocenters. The molecule has 2 bridgehead atoms. The van der Waals surface area contributed by atoms with Gasteiger partial charge in [-0.2, -0.15) is 0 Å². The van der Waals surface area contributed by atoms with Gasteiger partial charge in [-0.25, -0.2) is 0 Å². The maximum Gasteiger partial charge on any atom is 0.309 e. The van der Waals surface area contributed by atoms with Crippen LogP contribution in [-0.4, -0.2) is 30.5 Å². The van der Waals surface area contributed by atoms with E-state index >= 15 is 0 Å². The number of fused-ring (bicyclic) bond motifs is 2. The van der Waals surface area contributed by atoms with Crippen molar-refractivity contribution in [3.05, 3.63) is 0 Å². The highest BCUT2D eigenvalue weighted by molar-refractivity contribution is 5.74. The van der Waals surface area contributed by atoms with Crippen molar-refractivity contribution in [2.24, 2.45) is 16.2 Å².